The van der Waals surface area contributed by atoms with Crippen molar-refractivity contribution in [2.24, 2.45) is 0 Å². The largest absolute Gasteiger partial charge is 0.439 e. The van der Waals surface area contributed by atoms with Gasteiger partial charge in [0.1, 0.15) is 22.3 Å². The summed E-state index contributed by atoms with van der Waals surface area (Å²) in [5.74, 6) is 0.468. The Bertz CT molecular complexity index is 1160. The normalized spacial score (nSPS) is 11.4. The van der Waals surface area contributed by atoms with E-state index in [4.69, 9.17) is 4.74 Å². The van der Waals surface area contributed by atoms with Gasteiger partial charge in [-0.2, -0.15) is 13.2 Å². The molecule has 0 aliphatic carbocycles. The quantitative estimate of drug-likeness (QED) is 0.359. The summed E-state index contributed by atoms with van der Waals surface area (Å²) in [4.78, 5) is 12.0. The van der Waals surface area contributed by atoms with Crippen LogP contribution in [0, 0.1) is 5.82 Å². The number of anilines is 1. The number of nitrogens with one attached hydrogen (secondary N) is 1. The van der Waals surface area contributed by atoms with E-state index in [1.54, 1.807) is 18.3 Å². The lowest BCUT2D eigenvalue weighted by Crippen LogP contribution is -2.09. The standard InChI is InChI=1S/C21H14F4N4OS/c22-14-2-4-17(5-3-14)30-19-6-1-13(10-28-19)20-29-16(12-31-20)11-27-15-7-8-26-18(9-15)21(23,24)25/h1-10,12H,11H2,(H,26,27). The van der Waals surface area contributed by atoms with Crippen LogP contribution in [0.5, 0.6) is 11.6 Å². The molecule has 1 aromatic carbocycles. The third-order valence-corrected chi connectivity index (χ3v) is 5.04. The van der Waals surface area contributed by atoms with Crippen molar-refractivity contribution in [2.75, 3.05) is 5.32 Å². The average Bonchev–Trinajstić information content (AvgIpc) is 3.23. The molecule has 31 heavy (non-hydrogen) atoms. The van der Waals surface area contributed by atoms with Gasteiger partial charge >= 0.3 is 6.18 Å². The fraction of sp³-hybridized carbons (Fsp3) is 0.0952. The summed E-state index contributed by atoms with van der Waals surface area (Å²) in [6.07, 6.45) is -1.78. The van der Waals surface area contributed by atoms with Gasteiger partial charge in [-0.1, -0.05) is 0 Å². The fourth-order valence-electron chi connectivity index (χ4n) is 2.60. The Morgan fingerprint density at radius 1 is 1.00 bits per heavy atom. The third kappa shape index (κ3) is 5.34. The molecule has 0 fully saturated rings. The zero-order chi connectivity index (χ0) is 21.8. The Kier molecular flexibility index (Phi) is 5.81. The molecule has 0 unspecified atom stereocenters. The van der Waals surface area contributed by atoms with E-state index in [0.717, 1.165) is 17.8 Å². The minimum Gasteiger partial charge on any atom is -0.439 e. The number of ether oxygens (including phenoxy) is 1. The minimum atomic E-state index is -4.49. The first-order chi connectivity index (χ1) is 14.9. The number of hydrogen-bond acceptors (Lipinski definition) is 6. The van der Waals surface area contributed by atoms with E-state index in [0.29, 0.717) is 28.0 Å². The van der Waals surface area contributed by atoms with Crippen molar-refractivity contribution < 1.29 is 22.3 Å². The van der Waals surface area contributed by atoms with E-state index in [1.165, 1.54) is 41.7 Å². The van der Waals surface area contributed by atoms with E-state index in [-0.39, 0.29) is 12.4 Å². The highest BCUT2D eigenvalue weighted by atomic mass is 32.1. The number of halogens is 4. The topological polar surface area (TPSA) is 59.9 Å². The van der Waals surface area contributed by atoms with Crippen LogP contribution in [0.15, 0.2) is 66.3 Å². The molecular weight excluding hydrogens is 432 g/mol. The van der Waals surface area contributed by atoms with E-state index in [1.807, 2.05) is 5.38 Å². The van der Waals surface area contributed by atoms with Crippen LogP contribution in [0.2, 0.25) is 0 Å². The summed E-state index contributed by atoms with van der Waals surface area (Å²) < 4.78 is 56.8. The van der Waals surface area contributed by atoms with Gasteiger partial charge in [0.05, 0.1) is 12.2 Å². The van der Waals surface area contributed by atoms with Crippen molar-refractivity contribution in [1.82, 2.24) is 15.0 Å². The summed E-state index contributed by atoms with van der Waals surface area (Å²) in [6.45, 7) is 0.261. The highest BCUT2D eigenvalue weighted by Crippen LogP contribution is 2.29. The Morgan fingerprint density at radius 3 is 2.52 bits per heavy atom. The molecule has 0 saturated heterocycles. The second kappa shape index (κ2) is 8.68. The number of hydrogen-bond donors (Lipinski definition) is 1. The molecule has 3 aromatic heterocycles. The Labute approximate surface area is 178 Å². The van der Waals surface area contributed by atoms with Crippen LogP contribution in [0.3, 0.4) is 0 Å². The smallest absolute Gasteiger partial charge is 0.433 e. The van der Waals surface area contributed by atoms with Gasteiger partial charge in [0.25, 0.3) is 0 Å². The van der Waals surface area contributed by atoms with Gasteiger partial charge in [0.15, 0.2) is 0 Å². The molecule has 0 amide bonds. The molecule has 0 aliphatic heterocycles. The summed E-state index contributed by atoms with van der Waals surface area (Å²) in [5, 5.41) is 5.45. The fourth-order valence-corrected chi connectivity index (χ4v) is 3.41. The summed E-state index contributed by atoms with van der Waals surface area (Å²) in [5.41, 5.74) is 0.800. The summed E-state index contributed by atoms with van der Waals surface area (Å²) >= 11 is 1.39. The first kappa shape index (κ1) is 20.7. The van der Waals surface area contributed by atoms with Crippen LogP contribution in [0.4, 0.5) is 23.2 Å². The third-order valence-electron chi connectivity index (χ3n) is 4.10. The number of rotatable bonds is 6. The number of thiazole rings is 1. The lowest BCUT2D eigenvalue weighted by Gasteiger charge is -2.08. The molecule has 10 heteroatoms. The summed E-state index contributed by atoms with van der Waals surface area (Å²) in [7, 11) is 0. The lowest BCUT2D eigenvalue weighted by molar-refractivity contribution is -0.141. The van der Waals surface area contributed by atoms with Crippen LogP contribution in [-0.2, 0) is 12.7 Å². The van der Waals surface area contributed by atoms with Crippen LogP contribution in [0.1, 0.15) is 11.4 Å². The molecule has 0 aliphatic rings. The zero-order valence-electron chi connectivity index (χ0n) is 15.7. The molecular formula is C21H14F4N4OS. The highest BCUT2D eigenvalue weighted by molar-refractivity contribution is 7.13. The molecule has 3 heterocycles. The average molecular weight is 446 g/mol. The first-order valence-electron chi connectivity index (χ1n) is 8.98. The highest BCUT2D eigenvalue weighted by Gasteiger charge is 2.32. The maximum Gasteiger partial charge on any atom is 0.433 e. The van der Waals surface area contributed by atoms with Crippen LogP contribution in [-0.4, -0.2) is 15.0 Å². The second-order valence-electron chi connectivity index (χ2n) is 6.37. The van der Waals surface area contributed by atoms with E-state index < -0.39 is 11.9 Å². The van der Waals surface area contributed by atoms with Gasteiger partial charge in [-0.15, -0.1) is 11.3 Å². The van der Waals surface area contributed by atoms with Crippen molar-refractivity contribution in [3.63, 3.8) is 0 Å². The molecule has 158 valence electrons. The predicted octanol–water partition coefficient (Wildman–Crippen LogP) is 6.16. The van der Waals surface area contributed by atoms with Crippen molar-refractivity contribution >= 4 is 17.0 Å². The van der Waals surface area contributed by atoms with Gasteiger partial charge in [-0.3, -0.25) is 4.98 Å². The van der Waals surface area contributed by atoms with Crippen LogP contribution in [0.25, 0.3) is 10.6 Å². The van der Waals surface area contributed by atoms with Crippen LogP contribution >= 0.6 is 11.3 Å². The monoisotopic (exact) mass is 446 g/mol. The van der Waals surface area contributed by atoms with Crippen molar-refractivity contribution in [1.29, 1.82) is 0 Å². The molecule has 4 rings (SSSR count). The van der Waals surface area contributed by atoms with Gasteiger partial charge in [0, 0.05) is 35.1 Å². The first-order valence-corrected chi connectivity index (χ1v) is 9.86. The number of pyridine rings is 2. The Morgan fingerprint density at radius 2 is 1.81 bits per heavy atom. The maximum absolute atomic E-state index is 13.0. The Hall–Kier alpha value is -3.53. The Balaban J connectivity index is 1.39. The maximum atomic E-state index is 13.0. The number of aromatic nitrogens is 3. The van der Waals surface area contributed by atoms with Crippen LogP contribution < -0.4 is 10.1 Å². The van der Waals surface area contributed by atoms with Crippen molar-refractivity contribution in [3.8, 4) is 22.2 Å². The SMILES string of the molecule is Fc1ccc(Oc2ccc(-c3nc(CNc4ccnc(C(F)(F)F)c4)cs3)cn2)cc1. The van der Waals surface area contributed by atoms with Gasteiger partial charge in [0.2, 0.25) is 5.88 Å². The molecule has 0 radical (unpaired) electrons. The summed E-state index contributed by atoms with van der Waals surface area (Å²) in [6, 6.07) is 11.5. The number of benzene rings is 1. The molecule has 4 aromatic rings. The number of nitrogens with zero attached hydrogens (tertiary/aromatic N) is 3. The lowest BCUT2D eigenvalue weighted by atomic mass is 10.3. The zero-order valence-corrected chi connectivity index (χ0v) is 16.5. The van der Waals surface area contributed by atoms with Crippen molar-refractivity contribution in [3.05, 3.63) is 83.5 Å². The van der Waals surface area contributed by atoms with E-state index in [2.05, 4.69) is 20.3 Å². The minimum absolute atomic E-state index is 0.261. The van der Waals surface area contributed by atoms with Gasteiger partial charge in [-0.05, 0) is 42.5 Å². The van der Waals surface area contributed by atoms with Gasteiger partial charge in [-0.25, -0.2) is 14.4 Å². The molecule has 5 nitrogen and oxygen atoms in total. The van der Waals surface area contributed by atoms with Gasteiger partial charge < -0.3 is 10.1 Å². The number of alkyl halides is 3. The van der Waals surface area contributed by atoms with E-state index >= 15 is 0 Å². The molecule has 0 bridgehead atoms. The van der Waals surface area contributed by atoms with E-state index in [9.17, 15) is 17.6 Å². The molecule has 1 N–H and O–H groups in total. The molecule has 0 atom stereocenters. The van der Waals surface area contributed by atoms with Crippen molar-refractivity contribution in [2.45, 2.75) is 12.7 Å². The molecule has 0 saturated carbocycles. The second-order valence-corrected chi connectivity index (χ2v) is 7.22. The molecule has 0 spiro atoms. The predicted molar refractivity (Wildman–Crippen MR) is 108 cm³/mol.